The lowest BCUT2D eigenvalue weighted by molar-refractivity contribution is -0.384. The van der Waals surface area contributed by atoms with Gasteiger partial charge in [-0.3, -0.25) is 15.1 Å². The number of rotatable bonds is 4. The van der Waals surface area contributed by atoms with Crippen molar-refractivity contribution in [1.82, 2.24) is 14.5 Å². The molecule has 0 aliphatic heterocycles. The maximum absolute atomic E-state index is 10.9. The molecule has 0 N–H and O–H groups in total. The van der Waals surface area contributed by atoms with Crippen LogP contribution in [0.15, 0.2) is 42.6 Å². The van der Waals surface area contributed by atoms with Crippen LogP contribution in [0, 0.1) is 10.1 Å². The molecule has 0 spiro atoms. The zero-order valence-electron chi connectivity index (χ0n) is 17.0. The first-order chi connectivity index (χ1) is 14.0. The third kappa shape index (κ3) is 3.44. The summed E-state index contributed by atoms with van der Waals surface area (Å²) in [5.74, 6) is 1.91. The number of fused-ring (bicyclic) bond motifs is 3. The normalized spacial score (nSPS) is 10.5. The van der Waals surface area contributed by atoms with Crippen LogP contribution in [0.4, 0.5) is 5.69 Å². The Labute approximate surface area is 167 Å². The fourth-order valence-corrected chi connectivity index (χ4v) is 3.21. The number of non-ortho nitro benzene ring substituents is 1. The monoisotopic (exact) mass is 394 g/mol. The molecule has 0 radical (unpaired) electrons. The van der Waals surface area contributed by atoms with Gasteiger partial charge in [0, 0.05) is 36.2 Å². The number of aromatic nitrogens is 3. The first-order valence-corrected chi connectivity index (χ1v) is 9.15. The van der Waals surface area contributed by atoms with Crippen LogP contribution in [0.1, 0.15) is 13.8 Å². The molecule has 0 bridgehead atoms. The van der Waals surface area contributed by atoms with Gasteiger partial charge in [-0.25, -0.2) is 4.98 Å². The van der Waals surface area contributed by atoms with E-state index in [1.807, 2.05) is 37.6 Å². The Morgan fingerprint density at radius 2 is 1.62 bits per heavy atom. The lowest BCUT2D eigenvalue weighted by Gasteiger charge is -2.10. The standard InChI is InChI=1S/C19H16N4O4.C2H6/c1-22-18-13-8-16(26-2)17(27-3)9-14(13)20-10-15(18)21-19(22)11-4-6-12(7-5-11)23(24)25;1-2/h4-10H,1-3H3;1-2H3. The van der Waals surface area contributed by atoms with E-state index < -0.39 is 4.92 Å². The van der Waals surface area contributed by atoms with Crippen molar-refractivity contribution < 1.29 is 14.4 Å². The first-order valence-electron chi connectivity index (χ1n) is 9.15. The SMILES string of the molecule is CC.COc1cc2ncc3nc(-c4ccc([N+](=O)[O-])cc4)n(C)c3c2cc1OC. The number of pyridine rings is 1. The average molecular weight is 394 g/mol. The average Bonchev–Trinajstić information content (AvgIpc) is 3.11. The molecule has 0 amide bonds. The highest BCUT2D eigenvalue weighted by molar-refractivity contribution is 6.04. The second-order valence-electron chi connectivity index (χ2n) is 6.01. The number of nitrogens with zero attached hydrogens (tertiary/aromatic N) is 4. The zero-order valence-corrected chi connectivity index (χ0v) is 17.0. The molecule has 4 aromatic rings. The summed E-state index contributed by atoms with van der Waals surface area (Å²) in [6.45, 7) is 4.00. The van der Waals surface area contributed by atoms with Crippen LogP contribution in [0.25, 0.3) is 33.3 Å². The largest absolute Gasteiger partial charge is 0.493 e. The van der Waals surface area contributed by atoms with Gasteiger partial charge in [0.25, 0.3) is 5.69 Å². The quantitative estimate of drug-likeness (QED) is 0.367. The van der Waals surface area contributed by atoms with Crippen molar-refractivity contribution in [2.24, 2.45) is 7.05 Å². The molecule has 8 heteroatoms. The van der Waals surface area contributed by atoms with Gasteiger partial charge in [0.2, 0.25) is 0 Å². The summed E-state index contributed by atoms with van der Waals surface area (Å²) in [6, 6.07) is 10.0. The van der Waals surface area contributed by atoms with Crippen LogP contribution < -0.4 is 9.47 Å². The Bertz CT molecular complexity index is 1180. The number of nitro groups is 1. The second-order valence-corrected chi connectivity index (χ2v) is 6.01. The van der Waals surface area contributed by atoms with Gasteiger partial charge in [-0.05, 0) is 18.2 Å². The van der Waals surface area contributed by atoms with Crippen LogP contribution in [0.3, 0.4) is 0 Å². The second kappa shape index (κ2) is 8.14. The number of ether oxygens (including phenoxy) is 2. The lowest BCUT2D eigenvalue weighted by Crippen LogP contribution is -1.95. The maximum Gasteiger partial charge on any atom is 0.269 e. The first kappa shape index (κ1) is 20.1. The molecule has 29 heavy (non-hydrogen) atoms. The third-order valence-corrected chi connectivity index (χ3v) is 4.54. The van der Waals surface area contributed by atoms with Gasteiger partial charge in [-0.15, -0.1) is 0 Å². The fraction of sp³-hybridized carbons (Fsp3) is 0.238. The van der Waals surface area contributed by atoms with Crippen molar-refractivity contribution in [3.8, 4) is 22.9 Å². The van der Waals surface area contributed by atoms with Gasteiger partial charge < -0.3 is 14.0 Å². The van der Waals surface area contributed by atoms with Gasteiger partial charge in [0.15, 0.2) is 11.5 Å². The van der Waals surface area contributed by atoms with E-state index in [4.69, 9.17) is 9.47 Å². The smallest absolute Gasteiger partial charge is 0.269 e. The number of hydrogen-bond acceptors (Lipinski definition) is 6. The van der Waals surface area contributed by atoms with Gasteiger partial charge in [0.05, 0.1) is 36.4 Å². The molecule has 4 rings (SSSR count). The van der Waals surface area contributed by atoms with Crippen molar-refractivity contribution >= 4 is 27.6 Å². The van der Waals surface area contributed by atoms with Crippen LogP contribution in [-0.4, -0.2) is 33.7 Å². The molecule has 150 valence electrons. The number of imidazole rings is 1. The highest BCUT2D eigenvalue weighted by Crippen LogP contribution is 2.36. The minimum absolute atomic E-state index is 0.0430. The fourth-order valence-electron chi connectivity index (χ4n) is 3.21. The Morgan fingerprint density at radius 3 is 2.21 bits per heavy atom. The molecule has 0 fully saturated rings. The molecule has 0 saturated carbocycles. The lowest BCUT2D eigenvalue weighted by atomic mass is 10.1. The zero-order chi connectivity index (χ0) is 21.1. The van der Waals surface area contributed by atoms with Gasteiger partial charge in [0.1, 0.15) is 11.3 Å². The predicted octanol–water partition coefficient (Wildman–Crippen LogP) is 4.74. The number of nitro benzene ring substituents is 1. The number of benzene rings is 2. The summed E-state index contributed by atoms with van der Waals surface area (Å²) in [4.78, 5) is 19.6. The van der Waals surface area contributed by atoms with Gasteiger partial charge in [-0.2, -0.15) is 0 Å². The Hall–Kier alpha value is -3.68. The third-order valence-electron chi connectivity index (χ3n) is 4.54. The Morgan fingerprint density at radius 1 is 1.00 bits per heavy atom. The predicted molar refractivity (Wildman–Crippen MR) is 113 cm³/mol. The Balaban J connectivity index is 0.00000117. The number of hydrogen-bond donors (Lipinski definition) is 0. The summed E-state index contributed by atoms with van der Waals surface area (Å²) in [5, 5.41) is 11.8. The van der Waals surface area contributed by atoms with Crippen LogP contribution >= 0.6 is 0 Å². The van der Waals surface area contributed by atoms with Crippen LogP contribution in [0.2, 0.25) is 0 Å². The van der Waals surface area contributed by atoms with E-state index in [1.165, 1.54) is 12.1 Å². The van der Waals surface area contributed by atoms with Gasteiger partial charge >= 0.3 is 0 Å². The topological polar surface area (TPSA) is 92.3 Å². The molecule has 2 aromatic carbocycles. The van der Waals surface area contributed by atoms with E-state index in [1.54, 1.807) is 32.5 Å². The number of methoxy groups -OCH3 is 2. The molecule has 2 aromatic heterocycles. The van der Waals surface area contributed by atoms with Crippen molar-refractivity contribution in [2.45, 2.75) is 13.8 Å². The molecular formula is C21H22N4O4. The molecule has 0 aliphatic carbocycles. The van der Waals surface area contributed by atoms with E-state index in [2.05, 4.69) is 9.97 Å². The maximum atomic E-state index is 10.9. The summed E-state index contributed by atoms with van der Waals surface area (Å²) in [7, 11) is 5.07. The summed E-state index contributed by atoms with van der Waals surface area (Å²) >= 11 is 0. The summed E-state index contributed by atoms with van der Waals surface area (Å²) < 4.78 is 12.7. The van der Waals surface area contributed by atoms with Crippen molar-refractivity contribution in [1.29, 1.82) is 0 Å². The minimum Gasteiger partial charge on any atom is -0.493 e. The highest BCUT2D eigenvalue weighted by atomic mass is 16.6. The van der Waals surface area contributed by atoms with E-state index in [0.717, 1.165) is 27.5 Å². The highest BCUT2D eigenvalue weighted by Gasteiger charge is 2.16. The van der Waals surface area contributed by atoms with Crippen molar-refractivity contribution in [2.75, 3.05) is 14.2 Å². The van der Waals surface area contributed by atoms with Crippen molar-refractivity contribution in [3.63, 3.8) is 0 Å². The van der Waals surface area contributed by atoms with Crippen LogP contribution in [-0.2, 0) is 7.05 Å². The summed E-state index contributed by atoms with van der Waals surface area (Å²) in [5.41, 5.74) is 3.22. The Kier molecular flexibility index (Phi) is 5.63. The number of aryl methyl sites for hydroxylation is 1. The van der Waals surface area contributed by atoms with Crippen molar-refractivity contribution in [3.05, 3.63) is 52.7 Å². The van der Waals surface area contributed by atoms with E-state index >= 15 is 0 Å². The molecule has 0 atom stereocenters. The molecule has 0 unspecified atom stereocenters. The molecular weight excluding hydrogens is 372 g/mol. The molecule has 0 saturated heterocycles. The van der Waals surface area contributed by atoms with E-state index in [-0.39, 0.29) is 5.69 Å². The molecule has 8 nitrogen and oxygen atoms in total. The van der Waals surface area contributed by atoms with Gasteiger partial charge in [-0.1, -0.05) is 13.8 Å². The van der Waals surface area contributed by atoms with E-state index in [0.29, 0.717) is 17.3 Å². The molecule has 2 heterocycles. The minimum atomic E-state index is -0.421. The van der Waals surface area contributed by atoms with E-state index in [9.17, 15) is 10.1 Å². The van der Waals surface area contributed by atoms with Crippen LogP contribution in [0.5, 0.6) is 11.5 Å². The molecule has 0 aliphatic rings. The summed E-state index contributed by atoms with van der Waals surface area (Å²) in [6.07, 6.45) is 1.71.